The normalized spacial score (nSPS) is 18.1. The maximum Gasteiger partial charge on any atom is 0.306 e. The standard InChI is InChI=1S/C23H21ClN4O5S/c1-28-21(29)23(27-22(28)25,17-7-8-26-20(24)12-17)16-6-4-5-14(9-16)15-10-18(32-2)13-19(11-15)33-34(3,30)31/h4-13H,1-3H3,(H2,25,27). The van der Waals surface area contributed by atoms with Gasteiger partial charge in [-0.3, -0.25) is 9.69 Å². The van der Waals surface area contributed by atoms with Gasteiger partial charge in [-0.1, -0.05) is 29.8 Å². The van der Waals surface area contributed by atoms with Crippen LogP contribution in [0.15, 0.2) is 65.8 Å². The van der Waals surface area contributed by atoms with Crippen molar-refractivity contribution in [3.8, 4) is 22.6 Å². The van der Waals surface area contributed by atoms with E-state index in [1.165, 1.54) is 24.3 Å². The monoisotopic (exact) mass is 500 g/mol. The average Bonchev–Trinajstić information content (AvgIpc) is 3.02. The summed E-state index contributed by atoms with van der Waals surface area (Å²) in [6, 6.07) is 15.1. The van der Waals surface area contributed by atoms with Gasteiger partial charge in [0.25, 0.3) is 5.91 Å². The van der Waals surface area contributed by atoms with E-state index in [2.05, 4.69) is 9.98 Å². The molecule has 1 amide bonds. The number of aliphatic imine (C=N–C) groups is 1. The average molecular weight is 501 g/mol. The number of methoxy groups -OCH3 is 1. The van der Waals surface area contributed by atoms with Crippen LogP contribution in [0.4, 0.5) is 0 Å². The topological polar surface area (TPSA) is 124 Å². The highest BCUT2D eigenvalue weighted by atomic mass is 35.5. The number of ether oxygens (including phenoxy) is 1. The van der Waals surface area contributed by atoms with E-state index in [1.807, 2.05) is 6.07 Å². The molecule has 1 aliphatic heterocycles. The number of carbonyl (C=O) groups is 1. The maximum absolute atomic E-state index is 13.5. The zero-order valence-corrected chi connectivity index (χ0v) is 20.1. The lowest BCUT2D eigenvalue weighted by Crippen LogP contribution is -2.41. The van der Waals surface area contributed by atoms with Gasteiger partial charge in [-0.2, -0.15) is 8.42 Å². The summed E-state index contributed by atoms with van der Waals surface area (Å²) < 4.78 is 33.7. The minimum Gasteiger partial charge on any atom is -0.497 e. The molecule has 1 unspecified atom stereocenters. The molecule has 0 saturated heterocycles. The first-order valence-corrected chi connectivity index (χ1v) is 12.2. The predicted molar refractivity (Wildman–Crippen MR) is 128 cm³/mol. The lowest BCUT2D eigenvalue weighted by Gasteiger charge is -2.26. The molecule has 2 heterocycles. The molecule has 1 aromatic heterocycles. The highest BCUT2D eigenvalue weighted by molar-refractivity contribution is 7.86. The number of rotatable bonds is 6. The molecule has 11 heteroatoms. The molecule has 3 aromatic rings. The van der Waals surface area contributed by atoms with Gasteiger partial charge < -0.3 is 14.7 Å². The van der Waals surface area contributed by atoms with E-state index >= 15 is 0 Å². The fourth-order valence-electron chi connectivity index (χ4n) is 3.81. The number of hydrogen-bond donors (Lipinski definition) is 1. The predicted octanol–water partition coefficient (Wildman–Crippen LogP) is 2.78. The Morgan fingerprint density at radius 2 is 1.74 bits per heavy atom. The number of guanidine groups is 1. The van der Waals surface area contributed by atoms with Crippen molar-refractivity contribution in [2.75, 3.05) is 20.4 Å². The van der Waals surface area contributed by atoms with Crippen LogP contribution in [-0.2, 0) is 20.5 Å². The summed E-state index contributed by atoms with van der Waals surface area (Å²) in [4.78, 5) is 23.3. The molecule has 2 N–H and O–H groups in total. The fourth-order valence-corrected chi connectivity index (χ4v) is 4.43. The highest BCUT2D eigenvalue weighted by Crippen LogP contribution is 2.41. The lowest BCUT2D eigenvalue weighted by atomic mass is 9.82. The molecule has 0 spiro atoms. The number of benzene rings is 2. The number of likely N-dealkylation sites (N-methyl/N-ethyl adjacent to an activating group) is 1. The van der Waals surface area contributed by atoms with E-state index < -0.39 is 15.7 Å². The van der Waals surface area contributed by atoms with Crippen molar-refractivity contribution < 1.29 is 22.1 Å². The Morgan fingerprint density at radius 3 is 2.35 bits per heavy atom. The molecule has 0 aliphatic carbocycles. The Hall–Kier alpha value is -3.63. The number of carbonyl (C=O) groups excluding carboxylic acids is 1. The van der Waals surface area contributed by atoms with E-state index in [0.717, 1.165) is 6.26 Å². The van der Waals surface area contributed by atoms with Gasteiger partial charge in [0.2, 0.25) is 0 Å². The third-order valence-electron chi connectivity index (χ3n) is 5.36. The van der Waals surface area contributed by atoms with Crippen LogP contribution >= 0.6 is 11.6 Å². The Labute approximate surface area is 201 Å². The van der Waals surface area contributed by atoms with Gasteiger partial charge >= 0.3 is 10.1 Å². The molecular formula is C23H21ClN4O5S. The first-order chi connectivity index (χ1) is 16.0. The molecule has 1 atom stereocenters. The number of halogens is 1. The van der Waals surface area contributed by atoms with Gasteiger partial charge in [0.15, 0.2) is 11.5 Å². The molecule has 0 fully saturated rings. The Kier molecular flexibility index (Phi) is 5.96. The SMILES string of the molecule is COc1cc(OS(C)(=O)=O)cc(-c2cccc(C3(c4ccnc(Cl)c4)N=C(N)N(C)C3=O)c2)c1. The summed E-state index contributed by atoms with van der Waals surface area (Å²) in [5.41, 5.74) is 6.90. The first kappa shape index (κ1) is 23.5. The molecule has 176 valence electrons. The van der Waals surface area contributed by atoms with Gasteiger partial charge in [-0.25, -0.2) is 9.98 Å². The first-order valence-electron chi connectivity index (χ1n) is 9.98. The van der Waals surface area contributed by atoms with Gasteiger partial charge in [0.1, 0.15) is 16.7 Å². The Bertz CT molecular complexity index is 1430. The van der Waals surface area contributed by atoms with Gasteiger partial charge in [0.05, 0.1) is 13.4 Å². The van der Waals surface area contributed by atoms with Crippen LogP contribution in [0.1, 0.15) is 11.1 Å². The van der Waals surface area contributed by atoms with Crippen LogP contribution in [0.25, 0.3) is 11.1 Å². The zero-order valence-electron chi connectivity index (χ0n) is 18.5. The van der Waals surface area contributed by atoms with E-state index in [1.54, 1.807) is 49.5 Å². The van der Waals surface area contributed by atoms with Crippen molar-refractivity contribution >= 4 is 33.6 Å². The second kappa shape index (κ2) is 8.62. The molecule has 2 aromatic carbocycles. The van der Waals surface area contributed by atoms with Crippen LogP contribution in [0.3, 0.4) is 0 Å². The molecule has 34 heavy (non-hydrogen) atoms. The second-order valence-corrected chi connectivity index (χ2v) is 9.64. The zero-order chi connectivity index (χ0) is 24.7. The van der Waals surface area contributed by atoms with E-state index in [4.69, 9.17) is 26.3 Å². The highest BCUT2D eigenvalue weighted by Gasteiger charge is 2.49. The van der Waals surface area contributed by atoms with Crippen LogP contribution in [0.2, 0.25) is 5.15 Å². The van der Waals surface area contributed by atoms with E-state index in [0.29, 0.717) is 28.0 Å². The maximum atomic E-state index is 13.5. The number of nitrogens with two attached hydrogens (primary N) is 1. The summed E-state index contributed by atoms with van der Waals surface area (Å²) in [5.74, 6) is 0.206. The quantitative estimate of drug-likeness (QED) is 0.407. The van der Waals surface area contributed by atoms with Crippen molar-refractivity contribution in [3.63, 3.8) is 0 Å². The smallest absolute Gasteiger partial charge is 0.306 e. The number of aromatic nitrogens is 1. The number of nitrogens with zero attached hydrogens (tertiary/aromatic N) is 3. The van der Waals surface area contributed by atoms with Crippen molar-refractivity contribution in [3.05, 3.63) is 77.1 Å². The minimum absolute atomic E-state index is 0.0635. The number of pyridine rings is 1. The van der Waals surface area contributed by atoms with Crippen molar-refractivity contribution in [1.82, 2.24) is 9.88 Å². The molecule has 9 nitrogen and oxygen atoms in total. The summed E-state index contributed by atoms with van der Waals surface area (Å²) in [6.07, 6.45) is 2.46. The minimum atomic E-state index is -3.75. The number of hydrogen-bond acceptors (Lipinski definition) is 8. The largest absolute Gasteiger partial charge is 0.497 e. The third-order valence-corrected chi connectivity index (χ3v) is 6.06. The summed E-state index contributed by atoms with van der Waals surface area (Å²) >= 11 is 6.13. The summed E-state index contributed by atoms with van der Waals surface area (Å²) in [7, 11) is -0.735. The van der Waals surface area contributed by atoms with Crippen molar-refractivity contribution in [2.24, 2.45) is 10.7 Å². The summed E-state index contributed by atoms with van der Waals surface area (Å²) in [5, 5.41) is 0.208. The number of amides is 1. The van der Waals surface area contributed by atoms with E-state index in [9.17, 15) is 13.2 Å². The molecular weight excluding hydrogens is 480 g/mol. The fraction of sp³-hybridized carbons (Fsp3) is 0.174. The summed E-state index contributed by atoms with van der Waals surface area (Å²) in [6.45, 7) is 0. The second-order valence-electron chi connectivity index (χ2n) is 7.68. The van der Waals surface area contributed by atoms with Gasteiger partial charge in [0, 0.05) is 19.3 Å². The van der Waals surface area contributed by atoms with Crippen LogP contribution in [-0.4, -0.2) is 50.6 Å². The molecule has 1 aliphatic rings. The Balaban J connectivity index is 1.90. The van der Waals surface area contributed by atoms with Crippen LogP contribution in [0.5, 0.6) is 11.5 Å². The third kappa shape index (κ3) is 4.29. The van der Waals surface area contributed by atoms with Crippen molar-refractivity contribution in [1.29, 1.82) is 0 Å². The van der Waals surface area contributed by atoms with Crippen LogP contribution < -0.4 is 14.7 Å². The lowest BCUT2D eigenvalue weighted by molar-refractivity contribution is -0.129. The van der Waals surface area contributed by atoms with Gasteiger partial charge in [-0.15, -0.1) is 0 Å². The molecule has 0 radical (unpaired) electrons. The van der Waals surface area contributed by atoms with E-state index in [-0.39, 0.29) is 22.8 Å². The Morgan fingerprint density at radius 1 is 1.03 bits per heavy atom. The molecule has 4 rings (SSSR count). The molecule has 0 saturated carbocycles. The molecule has 0 bridgehead atoms. The van der Waals surface area contributed by atoms with Crippen LogP contribution in [0, 0.1) is 0 Å². The van der Waals surface area contributed by atoms with Crippen molar-refractivity contribution in [2.45, 2.75) is 5.54 Å². The van der Waals surface area contributed by atoms with Gasteiger partial charge in [-0.05, 0) is 52.6 Å².